The van der Waals surface area contributed by atoms with Crippen LogP contribution in [0.15, 0.2) is 0 Å². The zero-order valence-corrected chi connectivity index (χ0v) is 7.95. The standard InChI is InChI=1S/C10H17NO2/c1-2-8(1)10-6-11(3-4-12-10)5-9-7-13-9/h8-10H,1-7H2/t9-,10?/m0/s1. The third-order valence-corrected chi connectivity index (χ3v) is 3.19. The Hall–Kier alpha value is -0.120. The Morgan fingerprint density at radius 3 is 2.77 bits per heavy atom. The average Bonchev–Trinajstić information content (AvgIpc) is 3.00. The third-order valence-electron chi connectivity index (χ3n) is 3.19. The van der Waals surface area contributed by atoms with Crippen LogP contribution >= 0.6 is 0 Å². The Kier molecular flexibility index (Phi) is 2.04. The number of rotatable bonds is 3. The summed E-state index contributed by atoms with van der Waals surface area (Å²) in [5.74, 6) is 0.878. The second-order valence-electron chi connectivity index (χ2n) is 4.46. The number of epoxide rings is 1. The summed E-state index contributed by atoms with van der Waals surface area (Å²) in [5.41, 5.74) is 0. The summed E-state index contributed by atoms with van der Waals surface area (Å²) in [6.07, 6.45) is 3.85. The van der Waals surface area contributed by atoms with Crippen molar-refractivity contribution in [3.8, 4) is 0 Å². The van der Waals surface area contributed by atoms with Crippen LogP contribution in [0.5, 0.6) is 0 Å². The molecular formula is C10H17NO2. The van der Waals surface area contributed by atoms with Crippen molar-refractivity contribution in [2.75, 3.05) is 32.8 Å². The van der Waals surface area contributed by atoms with Crippen molar-refractivity contribution >= 4 is 0 Å². The van der Waals surface area contributed by atoms with Gasteiger partial charge in [-0.05, 0) is 18.8 Å². The largest absolute Gasteiger partial charge is 0.375 e. The molecule has 3 fully saturated rings. The Morgan fingerprint density at radius 1 is 1.23 bits per heavy atom. The fraction of sp³-hybridized carbons (Fsp3) is 1.00. The van der Waals surface area contributed by atoms with Gasteiger partial charge in [-0.1, -0.05) is 0 Å². The molecule has 1 aliphatic carbocycles. The molecule has 2 aliphatic heterocycles. The summed E-state index contributed by atoms with van der Waals surface area (Å²) in [6, 6.07) is 0. The highest BCUT2D eigenvalue weighted by atomic mass is 16.6. The average molecular weight is 183 g/mol. The van der Waals surface area contributed by atoms with Crippen LogP contribution in [-0.4, -0.2) is 50.0 Å². The van der Waals surface area contributed by atoms with E-state index >= 15 is 0 Å². The maximum absolute atomic E-state index is 5.75. The van der Waals surface area contributed by atoms with Crippen LogP contribution in [-0.2, 0) is 9.47 Å². The molecule has 3 rings (SSSR count). The first-order chi connectivity index (χ1) is 6.42. The van der Waals surface area contributed by atoms with Gasteiger partial charge in [-0.15, -0.1) is 0 Å². The van der Waals surface area contributed by atoms with Crippen molar-refractivity contribution in [1.29, 1.82) is 0 Å². The van der Waals surface area contributed by atoms with Gasteiger partial charge in [0.2, 0.25) is 0 Å². The predicted octanol–water partition coefficient (Wildman–Crippen LogP) is 0.496. The lowest BCUT2D eigenvalue weighted by Gasteiger charge is -2.32. The fourth-order valence-electron chi connectivity index (χ4n) is 2.11. The molecule has 0 bridgehead atoms. The van der Waals surface area contributed by atoms with Gasteiger partial charge in [0.05, 0.1) is 25.4 Å². The van der Waals surface area contributed by atoms with Gasteiger partial charge in [0.1, 0.15) is 0 Å². The second kappa shape index (κ2) is 3.23. The highest BCUT2D eigenvalue weighted by molar-refractivity contribution is 4.87. The molecule has 3 aliphatic rings. The van der Waals surface area contributed by atoms with Crippen LogP contribution in [0.25, 0.3) is 0 Å². The molecule has 2 atom stereocenters. The summed E-state index contributed by atoms with van der Waals surface area (Å²) in [5, 5.41) is 0. The van der Waals surface area contributed by atoms with Gasteiger partial charge in [0, 0.05) is 19.6 Å². The molecule has 1 unspecified atom stereocenters. The van der Waals surface area contributed by atoms with Gasteiger partial charge in [-0.2, -0.15) is 0 Å². The monoisotopic (exact) mass is 183 g/mol. The minimum Gasteiger partial charge on any atom is -0.375 e. The number of ether oxygens (including phenoxy) is 2. The van der Waals surface area contributed by atoms with Gasteiger partial charge < -0.3 is 9.47 Å². The van der Waals surface area contributed by atoms with Crippen molar-refractivity contribution in [2.24, 2.45) is 5.92 Å². The lowest BCUT2D eigenvalue weighted by Crippen LogP contribution is -2.44. The van der Waals surface area contributed by atoms with Crippen molar-refractivity contribution < 1.29 is 9.47 Å². The first-order valence-electron chi connectivity index (χ1n) is 5.37. The van der Waals surface area contributed by atoms with Gasteiger partial charge >= 0.3 is 0 Å². The molecule has 0 spiro atoms. The van der Waals surface area contributed by atoms with Gasteiger partial charge in [0.15, 0.2) is 0 Å². The van der Waals surface area contributed by atoms with Crippen LogP contribution in [0, 0.1) is 5.92 Å². The van der Waals surface area contributed by atoms with Gasteiger partial charge in [-0.25, -0.2) is 0 Å². The topological polar surface area (TPSA) is 25.0 Å². The molecule has 3 nitrogen and oxygen atoms in total. The molecule has 0 aromatic carbocycles. The summed E-state index contributed by atoms with van der Waals surface area (Å²) >= 11 is 0. The minimum absolute atomic E-state index is 0.535. The van der Waals surface area contributed by atoms with E-state index in [9.17, 15) is 0 Å². The molecule has 0 N–H and O–H groups in total. The fourth-order valence-corrected chi connectivity index (χ4v) is 2.11. The van der Waals surface area contributed by atoms with E-state index in [2.05, 4.69) is 4.90 Å². The number of morpholine rings is 1. The van der Waals surface area contributed by atoms with Gasteiger partial charge in [0.25, 0.3) is 0 Å². The number of hydrogen-bond donors (Lipinski definition) is 0. The van der Waals surface area contributed by atoms with E-state index < -0.39 is 0 Å². The zero-order chi connectivity index (χ0) is 8.67. The van der Waals surface area contributed by atoms with E-state index in [-0.39, 0.29) is 0 Å². The molecule has 2 saturated heterocycles. The van der Waals surface area contributed by atoms with Crippen LogP contribution in [0.1, 0.15) is 12.8 Å². The first-order valence-corrected chi connectivity index (χ1v) is 5.37. The third kappa shape index (κ3) is 2.03. The van der Waals surface area contributed by atoms with E-state index in [0.717, 1.165) is 38.8 Å². The Labute approximate surface area is 79.0 Å². The highest BCUT2D eigenvalue weighted by Gasteiger charge is 2.36. The molecule has 13 heavy (non-hydrogen) atoms. The van der Waals surface area contributed by atoms with E-state index in [1.807, 2.05) is 0 Å². The molecule has 0 amide bonds. The minimum atomic E-state index is 0.535. The first kappa shape index (κ1) is 8.21. The molecule has 2 heterocycles. The van der Waals surface area contributed by atoms with Crippen molar-refractivity contribution in [3.63, 3.8) is 0 Å². The Balaban J connectivity index is 1.50. The Morgan fingerprint density at radius 2 is 2.08 bits per heavy atom. The van der Waals surface area contributed by atoms with Crippen molar-refractivity contribution in [2.45, 2.75) is 25.0 Å². The lowest BCUT2D eigenvalue weighted by molar-refractivity contribution is -0.0405. The molecule has 0 aromatic rings. The normalized spacial score (nSPS) is 40.6. The predicted molar refractivity (Wildman–Crippen MR) is 48.6 cm³/mol. The quantitative estimate of drug-likeness (QED) is 0.596. The van der Waals surface area contributed by atoms with Crippen molar-refractivity contribution in [3.05, 3.63) is 0 Å². The van der Waals surface area contributed by atoms with Crippen LogP contribution in [0.2, 0.25) is 0 Å². The van der Waals surface area contributed by atoms with E-state index in [4.69, 9.17) is 9.47 Å². The molecule has 74 valence electrons. The summed E-state index contributed by atoms with van der Waals surface area (Å²) in [7, 11) is 0. The lowest BCUT2D eigenvalue weighted by atomic mass is 10.2. The molecule has 0 radical (unpaired) electrons. The summed E-state index contributed by atoms with van der Waals surface area (Å²) in [6.45, 7) is 5.28. The van der Waals surface area contributed by atoms with Crippen molar-refractivity contribution in [1.82, 2.24) is 4.90 Å². The molecule has 3 heteroatoms. The second-order valence-corrected chi connectivity index (χ2v) is 4.46. The summed E-state index contributed by atoms with van der Waals surface area (Å²) in [4.78, 5) is 2.50. The van der Waals surface area contributed by atoms with E-state index in [1.54, 1.807) is 0 Å². The highest BCUT2D eigenvalue weighted by Crippen LogP contribution is 2.35. The van der Waals surface area contributed by atoms with Crippen LogP contribution in [0.3, 0.4) is 0 Å². The molecule has 0 aromatic heterocycles. The maximum atomic E-state index is 5.75. The SMILES string of the molecule is C1CN(C[C@H]2CO2)CC(C2CC2)O1. The number of nitrogens with zero attached hydrogens (tertiary/aromatic N) is 1. The van der Waals surface area contributed by atoms with Crippen LogP contribution in [0.4, 0.5) is 0 Å². The zero-order valence-electron chi connectivity index (χ0n) is 7.95. The van der Waals surface area contributed by atoms with E-state index in [0.29, 0.717) is 12.2 Å². The Bertz CT molecular complexity index is 189. The van der Waals surface area contributed by atoms with Crippen LogP contribution < -0.4 is 0 Å². The smallest absolute Gasteiger partial charge is 0.0936 e. The number of hydrogen-bond acceptors (Lipinski definition) is 3. The summed E-state index contributed by atoms with van der Waals surface area (Å²) < 4.78 is 11.0. The maximum Gasteiger partial charge on any atom is 0.0936 e. The molecular weight excluding hydrogens is 166 g/mol. The van der Waals surface area contributed by atoms with E-state index in [1.165, 1.54) is 12.8 Å². The molecule has 1 saturated carbocycles. The van der Waals surface area contributed by atoms with Gasteiger partial charge in [-0.3, -0.25) is 4.90 Å².